The van der Waals surface area contributed by atoms with Crippen LogP contribution in [-0.4, -0.2) is 43.0 Å². The van der Waals surface area contributed by atoms with Gasteiger partial charge in [0.05, 0.1) is 0 Å². The first-order valence-corrected chi connectivity index (χ1v) is 9.03. The number of nitrogens with one attached hydrogen (secondary N) is 1. The van der Waals surface area contributed by atoms with Gasteiger partial charge in [0.2, 0.25) is 5.91 Å². The Labute approximate surface area is 159 Å². The van der Waals surface area contributed by atoms with Crippen molar-refractivity contribution in [3.63, 3.8) is 0 Å². The highest BCUT2D eigenvalue weighted by Crippen LogP contribution is 2.32. The third-order valence-electron chi connectivity index (χ3n) is 4.30. The van der Waals surface area contributed by atoms with Crippen LogP contribution in [0.2, 0.25) is 0 Å². The average molecular weight is 368 g/mol. The summed E-state index contributed by atoms with van der Waals surface area (Å²) in [4.78, 5) is 26.7. The molecule has 0 fully saturated rings. The van der Waals surface area contributed by atoms with Crippen LogP contribution in [0.25, 0.3) is 0 Å². The summed E-state index contributed by atoms with van der Waals surface area (Å²) in [5.74, 6) is 0.866. The fraction of sp³-hybridized carbons (Fsp3) is 0.333. The van der Waals surface area contributed by atoms with E-state index < -0.39 is 0 Å². The summed E-state index contributed by atoms with van der Waals surface area (Å²) in [6.07, 6.45) is 0. The molecule has 6 nitrogen and oxygen atoms in total. The van der Waals surface area contributed by atoms with Gasteiger partial charge in [0.1, 0.15) is 19.8 Å². The summed E-state index contributed by atoms with van der Waals surface area (Å²) in [7, 11) is 0. The molecular formula is C21H24N2O4. The van der Waals surface area contributed by atoms with Crippen LogP contribution in [0.3, 0.4) is 0 Å². The summed E-state index contributed by atoms with van der Waals surface area (Å²) in [5, 5.41) is 2.82. The molecule has 1 heterocycles. The molecule has 0 aliphatic carbocycles. The zero-order chi connectivity index (χ0) is 19.4. The molecule has 27 heavy (non-hydrogen) atoms. The first-order valence-electron chi connectivity index (χ1n) is 9.03. The van der Waals surface area contributed by atoms with Gasteiger partial charge in [0, 0.05) is 23.9 Å². The van der Waals surface area contributed by atoms with Crippen molar-refractivity contribution in [1.29, 1.82) is 0 Å². The average Bonchev–Trinajstić information content (AvgIpc) is 2.64. The number of fused-ring (bicyclic) bond motifs is 1. The van der Waals surface area contributed by atoms with Crippen LogP contribution in [-0.2, 0) is 4.79 Å². The topological polar surface area (TPSA) is 67.9 Å². The molecular weight excluding hydrogens is 344 g/mol. The minimum atomic E-state index is -0.258. The number of aryl methyl sites for hydroxylation is 2. The van der Waals surface area contributed by atoms with Crippen LogP contribution < -0.4 is 14.8 Å². The van der Waals surface area contributed by atoms with E-state index in [1.165, 1.54) is 4.90 Å². The molecule has 1 N–H and O–H groups in total. The SMILES string of the molecule is CCN(CC(=O)Nc1ccc2c(c1)OCCO2)C(=O)c1cc(C)cc(C)c1. The van der Waals surface area contributed by atoms with Crippen molar-refractivity contribution in [2.24, 2.45) is 0 Å². The number of anilines is 1. The van der Waals surface area contributed by atoms with Gasteiger partial charge in [-0.15, -0.1) is 0 Å². The third kappa shape index (κ3) is 4.58. The second-order valence-corrected chi connectivity index (χ2v) is 6.60. The van der Waals surface area contributed by atoms with Crippen LogP contribution in [0.1, 0.15) is 28.4 Å². The number of amides is 2. The Balaban J connectivity index is 1.67. The van der Waals surface area contributed by atoms with E-state index in [-0.39, 0.29) is 18.4 Å². The molecule has 0 saturated carbocycles. The summed E-state index contributed by atoms with van der Waals surface area (Å²) in [5.41, 5.74) is 3.26. The van der Waals surface area contributed by atoms with Gasteiger partial charge in [-0.25, -0.2) is 0 Å². The number of ether oxygens (including phenoxy) is 2. The largest absolute Gasteiger partial charge is 0.486 e. The molecule has 142 valence electrons. The molecule has 3 rings (SSSR count). The first kappa shape index (κ1) is 18.8. The molecule has 0 saturated heterocycles. The van der Waals surface area contributed by atoms with Gasteiger partial charge < -0.3 is 19.7 Å². The highest BCUT2D eigenvalue weighted by molar-refractivity contribution is 5.99. The van der Waals surface area contributed by atoms with E-state index >= 15 is 0 Å². The van der Waals surface area contributed by atoms with Gasteiger partial charge in [-0.2, -0.15) is 0 Å². The maximum atomic E-state index is 12.8. The van der Waals surface area contributed by atoms with E-state index in [1.807, 2.05) is 39.0 Å². The maximum absolute atomic E-state index is 12.8. The first-order chi connectivity index (χ1) is 13.0. The number of hydrogen-bond acceptors (Lipinski definition) is 4. The Hall–Kier alpha value is -3.02. The van der Waals surface area contributed by atoms with Crippen molar-refractivity contribution in [2.45, 2.75) is 20.8 Å². The minimum absolute atomic E-state index is 0.0171. The Kier molecular flexibility index (Phi) is 5.64. The van der Waals surface area contributed by atoms with Gasteiger partial charge in [0.25, 0.3) is 5.91 Å². The molecule has 0 spiro atoms. The molecule has 2 aromatic carbocycles. The fourth-order valence-corrected chi connectivity index (χ4v) is 3.10. The number of nitrogens with zero attached hydrogens (tertiary/aromatic N) is 1. The summed E-state index contributed by atoms with van der Waals surface area (Å²) >= 11 is 0. The normalized spacial score (nSPS) is 12.4. The predicted octanol–water partition coefficient (Wildman–Crippen LogP) is 3.18. The lowest BCUT2D eigenvalue weighted by molar-refractivity contribution is -0.116. The van der Waals surface area contributed by atoms with E-state index in [0.29, 0.717) is 42.5 Å². The van der Waals surface area contributed by atoms with E-state index in [4.69, 9.17) is 9.47 Å². The lowest BCUT2D eigenvalue weighted by Gasteiger charge is -2.22. The Morgan fingerprint density at radius 2 is 1.67 bits per heavy atom. The molecule has 0 unspecified atom stereocenters. The third-order valence-corrected chi connectivity index (χ3v) is 4.30. The molecule has 6 heteroatoms. The van der Waals surface area contributed by atoms with Gasteiger partial charge in [-0.3, -0.25) is 9.59 Å². The molecule has 2 aromatic rings. The lowest BCUT2D eigenvalue weighted by atomic mass is 10.1. The second-order valence-electron chi connectivity index (χ2n) is 6.60. The maximum Gasteiger partial charge on any atom is 0.254 e. The van der Waals surface area contributed by atoms with Gasteiger partial charge in [-0.05, 0) is 45.0 Å². The Morgan fingerprint density at radius 3 is 2.33 bits per heavy atom. The lowest BCUT2D eigenvalue weighted by Crippen LogP contribution is -2.38. The number of carbonyl (C=O) groups excluding carboxylic acids is 2. The predicted molar refractivity (Wildman–Crippen MR) is 104 cm³/mol. The molecule has 0 bridgehead atoms. The van der Waals surface area contributed by atoms with E-state index in [9.17, 15) is 9.59 Å². The highest BCUT2D eigenvalue weighted by Gasteiger charge is 2.19. The Morgan fingerprint density at radius 1 is 1.00 bits per heavy atom. The van der Waals surface area contributed by atoms with Crippen LogP contribution in [0.5, 0.6) is 11.5 Å². The number of benzene rings is 2. The van der Waals surface area contributed by atoms with E-state index in [1.54, 1.807) is 18.2 Å². The van der Waals surface area contributed by atoms with Crippen molar-refractivity contribution in [3.8, 4) is 11.5 Å². The summed E-state index contributed by atoms with van der Waals surface area (Å²) < 4.78 is 11.0. The van der Waals surface area contributed by atoms with E-state index in [2.05, 4.69) is 5.32 Å². The summed E-state index contributed by atoms with van der Waals surface area (Å²) in [6.45, 7) is 7.20. The zero-order valence-electron chi connectivity index (χ0n) is 15.9. The molecule has 0 atom stereocenters. The van der Waals surface area contributed by atoms with Crippen molar-refractivity contribution in [2.75, 3.05) is 31.6 Å². The van der Waals surface area contributed by atoms with Crippen molar-refractivity contribution in [1.82, 2.24) is 4.90 Å². The molecule has 0 aromatic heterocycles. The fourth-order valence-electron chi connectivity index (χ4n) is 3.10. The number of hydrogen-bond donors (Lipinski definition) is 1. The molecule has 1 aliphatic rings. The van der Waals surface area contributed by atoms with Crippen molar-refractivity contribution in [3.05, 3.63) is 53.1 Å². The van der Waals surface area contributed by atoms with Crippen molar-refractivity contribution < 1.29 is 19.1 Å². The van der Waals surface area contributed by atoms with Crippen molar-refractivity contribution >= 4 is 17.5 Å². The second kappa shape index (κ2) is 8.12. The Bertz CT molecular complexity index is 843. The van der Waals surface area contributed by atoms with Crippen LogP contribution in [0.15, 0.2) is 36.4 Å². The number of rotatable bonds is 5. The smallest absolute Gasteiger partial charge is 0.254 e. The highest BCUT2D eigenvalue weighted by atomic mass is 16.6. The quantitative estimate of drug-likeness (QED) is 0.880. The van der Waals surface area contributed by atoms with Gasteiger partial charge in [0.15, 0.2) is 11.5 Å². The number of carbonyl (C=O) groups is 2. The van der Waals surface area contributed by atoms with Crippen LogP contribution in [0, 0.1) is 13.8 Å². The van der Waals surface area contributed by atoms with Gasteiger partial charge in [-0.1, -0.05) is 17.2 Å². The zero-order valence-corrected chi connectivity index (χ0v) is 15.9. The number of likely N-dealkylation sites (N-methyl/N-ethyl adjacent to an activating group) is 1. The van der Waals surface area contributed by atoms with E-state index in [0.717, 1.165) is 11.1 Å². The molecule has 1 aliphatic heterocycles. The monoisotopic (exact) mass is 368 g/mol. The molecule has 2 amide bonds. The van der Waals surface area contributed by atoms with Crippen LogP contribution in [0.4, 0.5) is 5.69 Å². The molecule has 0 radical (unpaired) electrons. The van der Waals surface area contributed by atoms with Crippen LogP contribution >= 0.6 is 0 Å². The van der Waals surface area contributed by atoms with Gasteiger partial charge >= 0.3 is 0 Å². The minimum Gasteiger partial charge on any atom is -0.486 e. The summed E-state index contributed by atoms with van der Waals surface area (Å²) in [6, 6.07) is 11.0. The standard InChI is InChI=1S/C21H24N2O4/c1-4-23(21(25)16-10-14(2)9-15(3)11-16)13-20(24)22-17-5-6-18-19(12-17)27-8-7-26-18/h5-6,9-12H,4,7-8,13H2,1-3H3,(H,22,24).